The minimum absolute atomic E-state index is 0.273. The van der Waals surface area contributed by atoms with Crippen LogP contribution in [0.4, 0.5) is 0 Å². The summed E-state index contributed by atoms with van der Waals surface area (Å²) in [5.74, 6) is 0.764. The molecule has 10 heavy (non-hydrogen) atoms. The lowest BCUT2D eigenvalue weighted by atomic mass is 10.3. The largest absolute Gasteiger partial charge is 0.485 e. The Morgan fingerprint density at radius 2 is 2.80 bits per heavy atom. The molecule has 0 aliphatic carbocycles. The van der Waals surface area contributed by atoms with E-state index in [0.717, 1.165) is 12.0 Å². The lowest BCUT2D eigenvalue weighted by Gasteiger charge is -2.04. The van der Waals surface area contributed by atoms with Crippen molar-refractivity contribution in [3.8, 4) is 0 Å². The van der Waals surface area contributed by atoms with E-state index in [0.29, 0.717) is 13.0 Å². The van der Waals surface area contributed by atoms with Crippen LogP contribution in [-0.4, -0.2) is 26.1 Å². The zero-order valence-corrected chi connectivity index (χ0v) is 5.87. The van der Waals surface area contributed by atoms with Crippen molar-refractivity contribution in [2.24, 2.45) is 0 Å². The zero-order chi connectivity index (χ0) is 7.40. The van der Waals surface area contributed by atoms with Gasteiger partial charge < -0.3 is 9.47 Å². The predicted octanol–water partition coefficient (Wildman–Crippen LogP) is 0.504. The van der Waals surface area contributed by atoms with Crippen LogP contribution in [0.1, 0.15) is 6.42 Å². The van der Waals surface area contributed by atoms with Gasteiger partial charge in [-0.2, -0.15) is 0 Å². The number of hydrogen-bond donors (Lipinski definition) is 0. The molecule has 1 aliphatic heterocycles. The number of methoxy groups -OCH3 is 1. The molecule has 0 saturated carbocycles. The molecule has 56 valence electrons. The number of ether oxygens (including phenoxy) is 2. The maximum Gasteiger partial charge on any atom is 0.160 e. The Bertz CT molecular complexity index is 151. The van der Waals surface area contributed by atoms with E-state index in [1.165, 1.54) is 0 Å². The Morgan fingerprint density at radius 1 is 2.00 bits per heavy atom. The van der Waals surface area contributed by atoms with Crippen LogP contribution in [0.2, 0.25) is 0 Å². The fraction of sp³-hybridized carbons (Fsp3) is 0.571. The van der Waals surface area contributed by atoms with Gasteiger partial charge in [0.05, 0.1) is 0 Å². The lowest BCUT2D eigenvalue weighted by molar-refractivity contribution is -0.115. The highest BCUT2D eigenvalue weighted by Gasteiger charge is 2.15. The molecular weight excluding hydrogens is 132 g/mol. The molecule has 0 saturated heterocycles. The zero-order valence-electron chi connectivity index (χ0n) is 5.87. The molecule has 1 atom stereocenters. The fourth-order valence-corrected chi connectivity index (χ4v) is 0.857. The van der Waals surface area contributed by atoms with Crippen LogP contribution in [0.3, 0.4) is 0 Å². The molecule has 1 aliphatic rings. The van der Waals surface area contributed by atoms with E-state index in [2.05, 4.69) is 0 Å². The van der Waals surface area contributed by atoms with Crippen molar-refractivity contribution in [3.63, 3.8) is 0 Å². The van der Waals surface area contributed by atoms with Gasteiger partial charge in [0.1, 0.15) is 12.4 Å². The van der Waals surface area contributed by atoms with E-state index in [1.807, 2.05) is 6.08 Å². The summed E-state index contributed by atoms with van der Waals surface area (Å²) in [5, 5.41) is 0. The second kappa shape index (κ2) is 3.37. The summed E-state index contributed by atoms with van der Waals surface area (Å²) in [6, 6.07) is 0. The Kier molecular flexibility index (Phi) is 2.45. The summed E-state index contributed by atoms with van der Waals surface area (Å²) in [6.07, 6.45) is 3.09. The van der Waals surface area contributed by atoms with Crippen LogP contribution in [-0.2, 0) is 14.3 Å². The minimum Gasteiger partial charge on any atom is -0.485 e. The summed E-state index contributed by atoms with van der Waals surface area (Å²) in [6.45, 7) is 0.463. The molecule has 0 N–H and O–H groups in total. The van der Waals surface area contributed by atoms with Crippen LogP contribution in [0.25, 0.3) is 0 Å². The third-order valence-corrected chi connectivity index (χ3v) is 1.32. The maximum absolute atomic E-state index is 10.2. The van der Waals surface area contributed by atoms with Gasteiger partial charge in [-0.05, 0) is 6.08 Å². The first-order valence-electron chi connectivity index (χ1n) is 3.16. The van der Waals surface area contributed by atoms with Crippen LogP contribution in [0.15, 0.2) is 11.8 Å². The molecule has 0 radical (unpaired) electrons. The van der Waals surface area contributed by atoms with Crippen molar-refractivity contribution in [3.05, 3.63) is 11.8 Å². The molecule has 0 spiro atoms. The third-order valence-electron chi connectivity index (χ3n) is 1.32. The molecular formula is C7H10O3. The fourth-order valence-electron chi connectivity index (χ4n) is 0.857. The molecule has 3 heteroatoms. The van der Waals surface area contributed by atoms with Gasteiger partial charge in [-0.25, -0.2) is 0 Å². The second-order valence-corrected chi connectivity index (χ2v) is 2.13. The highest BCUT2D eigenvalue weighted by Crippen LogP contribution is 2.14. The van der Waals surface area contributed by atoms with Gasteiger partial charge in [0.15, 0.2) is 12.4 Å². The summed E-state index contributed by atoms with van der Waals surface area (Å²) < 4.78 is 9.93. The Balaban J connectivity index is 2.31. The summed E-state index contributed by atoms with van der Waals surface area (Å²) in [5.41, 5.74) is 0. The second-order valence-electron chi connectivity index (χ2n) is 2.13. The summed E-state index contributed by atoms with van der Waals surface area (Å²) >= 11 is 0. The van der Waals surface area contributed by atoms with Crippen LogP contribution in [0.5, 0.6) is 0 Å². The standard InChI is InChI=1S/C7H10O3/c1-9-5-7-3-2-6(4-8)10-7/h3-4,6H,2,5H2,1H3. The average molecular weight is 142 g/mol. The van der Waals surface area contributed by atoms with E-state index in [4.69, 9.17) is 9.47 Å². The van der Waals surface area contributed by atoms with Crippen molar-refractivity contribution in [2.75, 3.05) is 13.7 Å². The van der Waals surface area contributed by atoms with E-state index >= 15 is 0 Å². The topological polar surface area (TPSA) is 35.5 Å². The first kappa shape index (κ1) is 7.28. The van der Waals surface area contributed by atoms with Gasteiger partial charge in [0, 0.05) is 13.5 Å². The number of aldehydes is 1. The summed E-state index contributed by atoms with van der Waals surface area (Å²) in [7, 11) is 1.60. The number of carbonyl (C=O) groups is 1. The summed E-state index contributed by atoms with van der Waals surface area (Å²) in [4.78, 5) is 10.2. The van der Waals surface area contributed by atoms with E-state index in [-0.39, 0.29) is 6.10 Å². The Morgan fingerprint density at radius 3 is 3.30 bits per heavy atom. The smallest absolute Gasteiger partial charge is 0.160 e. The first-order valence-corrected chi connectivity index (χ1v) is 3.16. The highest BCUT2D eigenvalue weighted by atomic mass is 16.5. The lowest BCUT2D eigenvalue weighted by Crippen LogP contribution is -2.08. The van der Waals surface area contributed by atoms with Crippen molar-refractivity contribution in [1.29, 1.82) is 0 Å². The quantitative estimate of drug-likeness (QED) is 0.538. The van der Waals surface area contributed by atoms with Crippen LogP contribution < -0.4 is 0 Å². The van der Waals surface area contributed by atoms with Gasteiger partial charge >= 0.3 is 0 Å². The molecule has 3 nitrogen and oxygen atoms in total. The number of carbonyl (C=O) groups excluding carboxylic acids is 1. The Labute approximate surface area is 59.6 Å². The van der Waals surface area contributed by atoms with Gasteiger partial charge in [-0.3, -0.25) is 4.79 Å². The first-order chi connectivity index (χ1) is 4.86. The molecule has 1 rings (SSSR count). The molecule has 1 heterocycles. The van der Waals surface area contributed by atoms with Crippen molar-refractivity contribution >= 4 is 6.29 Å². The normalized spacial score (nSPS) is 23.7. The van der Waals surface area contributed by atoms with Gasteiger partial charge in [-0.15, -0.1) is 0 Å². The SMILES string of the molecule is COCC1=CCC(C=O)O1. The minimum atomic E-state index is -0.273. The average Bonchev–Trinajstić information content (AvgIpc) is 2.37. The van der Waals surface area contributed by atoms with Gasteiger partial charge in [0.2, 0.25) is 0 Å². The number of rotatable bonds is 3. The number of hydrogen-bond acceptors (Lipinski definition) is 3. The highest BCUT2D eigenvalue weighted by molar-refractivity contribution is 5.57. The van der Waals surface area contributed by atoms with Gasteiger partial charge in [-0.1, -0.05) is 0 Å². The van der Waals surface area contributed by atoms with Gasteiger partial charge in [0.25, 0.3) is 0 Å². The maximum atomic E-state index is 10.2. The molecule has 0 aromatic rings. The Hall–Kier alpha value is -0.830. The van der Waals surface area contributed by atoms with E-state index in [1.54, 1.807) is 7.11 Å². The molecule has 0 aromatic carbocycles. The van der Waals surface area contributed by atoms with Crippen LogP contribution in [0, 0.1) is 0 Å². The van der Waals surface area contributed by atoms with Crippen LogP contribution >= 0.6 is 0 Å². The molecule has 0 fully saturated rings. The molecule has 0 bridgehead atoms. The molecule has 0 amide bonds. The molecule has 0 aromatic heterocycles. The van der Waals surface area contributed by atoms with E-state index in [9.17, 15) is 4.79 Å². The van der Waals surface area contributed by atoms with E-state index < -0.39 is 0 Å². The molecule has 1 unspecified atom stereocenters. The monoisotopic (exact) mass is 142 g/mol. The van der Waals surface area contributed by atoms with Crippen molar-refractivity contribution in [1.82, 2.24) is 0 Å². The third kappa shape index (κ3) is 1.57. The predicted molar refractivity (Wildman–Crippen MR) is 35.5 cm³/mol. The van der Waals surface area contributed by atoms with Crippen molar-refractivity contribution in [2.45, 2.75) is 12.5 Å². The van der Waals surface area contributed by atoms with Crippen molar-refractivity contribution < 1.29 is 14.3 Å².